The Bertz CT molecular complexity index is 410. The molecule has 2 nitrogen and oxygen atoms in total. The molecule has 0 radical (unpaired) electrons. The molecule has 0 atom stereocenters. The van der Waals surface area contributed by atoms with Crippen molar-refractivity contribution in [1.82, 2.24) is 0 Å². The van der Waals surface area contributed by atoms with Gasteiger partial charge in [-0.15, -0.1) is 0 Å². The molecule has 0 rings (SSSR count). The molecule has 0 bridgehead atoms. The van der Waals surface area contributed by atoms with E-state index in [-0.39, 0.29) is 5.78 Å². The molecule has 162 valence electrons. The largest absolute Gasteiger partial charge is 0.300 e. The molecule has 0 aliphatic heterocycles. The number of hydrogen-bond acceptors (Lipinski definition) is 2. The molecule has 0 aromatic carbocycles. The third-order valence-electron chi connectivity index (χ3n) is 4.36. The molecule has 0 aliphatic carbocycles. The lowest BCUT2D eigenvalue weighted by molar-refractivity contribution is -0.116. The standard InChI is InChI=1S/C13H23N.C6H14.C4H8O.C2H6/c1-7-11(5)13(10(3)4)9-14-12(6)8-2;1-4-6(3)5-2;1-3-4(2)5;1-2/h8-10H,7H2,1-6H3;6H,4-5H2,1-3H3;3H2,1-2H3;1-2H3/b12-8+,13-11-,14-9+;;;. The maximum Gasteiger partial charge on any atom is 0.129 e. The quantitative estimate of drug-likeness (QED) is 0.405. The third-order valence-corrected chi connectivity index (χ3v) is 4.36. The number of aliphatic imine (C=N–C) groups is 1. The van der Waals surface area contributed by atoms with Crippen LogP contribution < -0.4 is 0 Å². The van der Waals surface area contributed by atoms with Crippen LogP contribution in [0.5, 0.6) is 0 Å². The Morgan fingerprint density at radius 3 is 1.48 bits per heavy atom. The zero-order valence-electron chi connectivity index (χ0n) is 21.0. The molecule has 0 amide bonds. The predicted octanol–water partition coefficient (Wildman–Crippen LogP) is 8.82. The van der Waals surface area contributed by atoms with E-state index < -0.39 is 0 Å². The number of Topliss-reactive ketones (excluding diaryl/α,β-unsaturated/α-hetero) is 1. The summed E-state index contributed by atoms with van der Waals surface area (Å²) in [4.78, 5) is 14.2. The Morgan fingerprint density at radius 1 is 0.889 bits per heavy atom. The number of nitrogens with zero attached hydrogens (tertiary/aromatic N) is 1. The van der Waals surface area contributed by atoms with Crippen molar-refractivity contribution < 1.29 is 4.79 Å². The summed E-state index contributed by atoms with van der Waals surface area (Å²) < 4.78 is 0. The normalized spacial score (nSPS) is 11.7. The van der Waals surface area contributed by atoms with Crippen LogP contribution in [0.3, 0.4) is 0 Å². The van der Waals surface area contributed by atoms with Crippen molar-refractivity contribution in [3.05, 3.63) is 22.9 Å². The fourth-order valence-electron chi connectivity index (χ4n) is 1.49. The highest BCUT2D eigenvalue weighted by Crippen LogP contribution is 2.15. The third kappa shape index (κ3) is 27.1. The Balaban J connectivity index is -0.000000168. The van der Waals surface area contributed by atoms with Crippen LogP contribution >= 0.6 is 0 Å². The molecule has 0 aromatic rings. The van der Waals surface area contributed by atoms with Gasteiger partial charge in [-0.2, -0.15) is 0 Å². The fourth-order valence-corrected chi connectivity index (χ4v) is 1.49. The van der Waals surface area contributed by atoms with Gasteiger partial charge in [-0.25, -0.2) is 0 Å². The van der Waals surface area contributed by atoms with Gasteiger partial charge in [0, 0.05) is 18.3 Å². The van der Waals surface area contributed by atoms with Gasteiger partial charge in [0.2, 0.25) is 0 Å². The van der Waals surface area contributed by atoms with Gasteiger partial charge >= 0.3 is 0 Å². The molecule has 0 N–H and O–H groups in total. The topological polar surface area (TPSA) is 29.4 Å². The second kappa shape index (κ2) is 24.8. The summed E-state index contributed by atoms with van der Waals surface area (Å²) in [6, 6.07) is 0. The zero-order valence-corrected chi connectivity index (χ0v) is 21.0. The summed E-state index contributed by atoms with van der Waals surface area (Å²) >= 11 is 0. The van der Waals surface area contributed by atoms with Crippen molar-refractivity contribution in [3.8, 4) is 0 Å². The first-order valence-corrected chi connectivity index (χ1v) is 11.0. The van der Waals surface area contributed by atoms with Crippen LogP contribution in [0.4, 0.5) is 0 Å². The van der Waals surface area contributed by atoms with E-state index >= 15 is 0 Å². The van der Waals surface area contributed by atoms with E-state index in [1.165, 1.54) is 24.0 Å². The van der Waals surface area contributed by atoms with E-state index in [2.05, 4.69) is 53.5 Å². The van der Waals surface area contributed by atoms with E-state index in [1.54, 1.807) is 6.92 Å². The second-order valence-electron chi connectivity index (χ2n) is 6.91. The number of ketones is 1. The molecule has 0 saturated carbocycles. The Hall–Kier alpha value is -1.18. The van der Waals surface area contributed by atoms with Gasteiger partial charge in [0.15, 0.2) is 0 Å². The summed E-state index contributed by atoms with van der Waals surface area (Å²) in [7, 11) is 0. The molecule has 0 heterocycles. The Morgan fingerprint density at radius 2 is 1.30 bits per heavy atom. The molecule has 0 aliphatic rings. The van der Waals surface area contributed by atoms with E-state index in [1.807, 2.05) is 46.9 Å². The molecule has 27 heavy (non-hydrogen) atoms. The minimum Gasteiger partial charge on any atom is -0.300 e. The first kappa shape index (κ1) is 33.4. The van der Waals surface area contributed by atoms with Gasteiger partial charge in [-0.1, -0.05) is 86.8 Å². The molecule has 2 heteroatoms. The minimum atomic E-state index is 0.255. The molecule has 0 unspecified atom stereocenters. The number of allylic oxidation sites excluding steroid dienone is 4. The molecule has 0 spiro atoms. The zero-order chi connectivity index (χ0) is 22.4. The van der Waals surface area contributed by atoms with Crippen molar-refractivity contribution in [1.29, 1.82) is 0 Å². The molecule has 0 saturated heterocycles. The Kier molecular flexibility index (Phi) is 30.7. The first-order chi connectivity index (χ1) is 12.6. The molecular weight excluding hydrogens is 330 g/mol. The lowest BCUT2D eigenvalue weighted by Crippen LogP contribution is -1.99. The van der Waals surface area contributed by atoms with Crippen LogP contribution in [-0.2, 0) is 4.79 Å². The number of carbonyl (C=O) groups excluding carboxylic acids is 1. The van der Waals surface area contributed by atoms with Gasteiger partial charge in [0.25, 0.3) is 0 Å². The van der Waals surface area contributed by atoms with Crippen LogP contribution in [0.25, 0.3) is 0 Å². The van der Waals surface area contributed by atoms with Crippen molar-refractivity contribution in [2.75, 3.05) is 0 Å². The summed E-state index contributed by atoms with van der Waals surface area (Å²) in [5, 5.41) is 0. The van der Waals surface area contributed by atoms with E-state index in [9.17, 15) is 4.79 Å². The highest BCUT2D eigenvalue weighted by molar-refractivity contribution is 5.80. The summed E-state index contributed by atoms with van der Waals surface area (Å²) in [6.45, 7) is 27.0. The average molecular weight is 382 g/mol. The van der Waals surface area contributed by atoms with Crippen LogP contribution in [0, 0.1) is 11.8 Å². The monoisotopic (exact) mass is 381 g/mol. The van der Waals surface area contributed by atoms with Gasteiger partial charge in [0.1, 0.15) is 5.78 Å². The maximum atomic E-state index is 9.81. The van der Waals surface area contributed by atoms with Gasteiger partial charge in [0.05, 0.1) is 0 Å². The van der Waals surface area contributed by atoms with Crippen molar-refractivity contribution in [2.24, 2.45) is 16.8 Å². The van der Waals surface area contributed by atoms with Crippen molar-refractivity contribution >= 4 is 12.0 Å². The lowest BCUT2D eigenvalue weighted by atomic mass is 9.98. The van der Waals surface area contributed by atoms with E-state index in [4.69, 9.17) is 0 Å². The van der Waals surface area contributed by atoms with E-state index in [0.717, 1.165) is 18.0 Å². The summed E-state index contributed by atoms with van der Waals surface area (Å²) in [5.74, 6) is 1.75. The first-order valence-electron chi connectivity index (χ1n) is 11.0. The lowest BCUT2D eigenvalue weighted by Gasteiger charge is -2.10. The van der Waals surface area contributed by atoms with Crippen LogP contribution in [0.1, 0.15) is 116 Å². The molecule has 0 aromatic heterocycles. The highest BCUT2D eigenvalue weighted by atomic mass is 16.1. The van der Waals surface area contributed by atoms with Crippen molar-refractivity contribution in [3.63, 3.8) is 0 Å². The number of carbonyl (C=O) groups is 1. The minimum absolute atomic E-state index is 0.255. The summed E-state index contributed by atoms with van der Waals surface area (Å²) in [5.41, 5.74) is 3.88. The Labute approximate surface area is 172 Å². The second-order valence-corrected chi connectivity index (χ2v) is 6.91. The average Bonchev–Trinajstić information content (AvgIpc) is 2.68. The van der Waals surface area contributed by atoms with Crippen LogP contribution in [-0.4, -0.2) is 12.0 Å². The van der Waals surface area contributed by atoms with Gasteiger partial charge in [-0.05, 0) is 51.5 Å². The predicted molar refractivity (Wildman–Crippen MR) is 128 cm³/mol. The SMILES string of the molecule is C/C=C(C)/N=C/C(=C(\C)CC)C(C)C.CC.CCC(C)=O.CCC(C)CC. The fraction of sp³-hybridized carbons (Fsp3) is 0.760. The summed E-state index contributed by atoms with van der Waals surface area (Å²) in [6.07, 6.45) is 8.47. The number of hydrogen-bond donors (Lipinski definition) is 0. The molecular formula is C25H51NO. The van der Waals surface area contributed by atoms with Crippen molar-refractivity contribution in [2.45, 2.75) is 116 Å². The van der Waals surface area contributed by atoms with Gasteiger partial charge in [-0.3, -0.25) is 4.99 Å². The highest BCUT2D eigenvalue weighted by Gasteiger charge is 2.03. The van der Waals surface area contributed by atoms with Gasteiger partial charge < -0.3 is 4.79 Å². The van der Waals surface area contributed by atoms with E-state index in [0.29, 0.717) is 12.3 Å². The van der Waals surface area contributed by atoms with Crippen LogP contribution in [0.2, 0.25) is 0 Å². The van der Waals surface area contributed by atoms with Crippen LogP contribution in [0.15, 0.2) is 27.9 Å². The number of rotatable bonds is 7. The smallest absolute Gasteiger partial charge is 0.129 e. The molecule has 0 fully saturated rings. The maximum absolute atomic E-state index is 9.81.